The van der Waals surface area contributed by atoms with Crippen molar-refractivity contribution in [2.45, 2.75) is 24.8 Å². The van der Waals surface area contributed by atoms with Crippen molar-refractivity contribution in [2.24, 2.45) is 0 Å². The second-order valence-electron chi connectivity index (χ2n) is 5.31. The molecule has 0 aromatic heterocycles. The fraction of sp³-hybridized carbons (Fsp3) is 0.235. The first-order chi connectivity index (χ1) is 10.1. The molecule has 1 saturated carbocycles. The van der Waals surface area contributed by atoms with Gasteiger partial charge in [-0.3, -0.25) is 4.79 Å². The summed E-state index contributed by atoms with van der Waals surface area (Å²) >= 11 is 3.53. The minimum atomic E-state index is -0.328. The molecular formula is C17H15BrFNO. The number of nitrogens with one attached hydrogen (secondary N) is 1. The van der Waals surface area contributed by atoms with Gasteiger partial charge in [-0.05, 0) is 29.7 Å². The van der Waals surface area contributed by atoms with Crippen LogP contribution in [-0.4, -0.2) is 11.9 Å². The fourth-order valence-electron chi connectivity index (χ4n) is 2.55. The summed E-state index contributed by atoms with van der Waals surface area (Å²) in [7, 11) is 0. The zero-order valence-electron chi connectivity index (χ0n) is 11.4. The fourth-order valence-corrected chi connectivity index (χ4v) is 3.13. The highest BCUT2D eigenvalue weighted by Crippen LogP contribution is 2.43. The maximum Gasteiger partial charge on any atom is 0.224 e. The number of halogens is 2. The molecule has 3 rings (SSSR count). The van der Waals surface area contributed by atoms with Gasteiger partial charge in [-0.1, -0.05) is 52.3 Å². The average molecular weight is 348 g/mol. The van der Waals surface area contributed by atoms with Crippen molar-refractivity contribution < 1.29 is 9.18 Å². The molecule has 2 aromatic carbocycles. The molecule has 1 fully saturated rings. The molecule has 1 aliphatic carbocycles. The number of carbonyl (C=O) groups excluding carboxylic acids is 1. The van der Waals surface area contributed by atoms with Crippen molar-refractivity contribution in [3.63, 3.8) is 0 Å². The largest absolute Gasteiger partial charge is 0.352 e. The Balaban J connectivity index is 1.58. The lowest BCUT2D eigenvalue weighted by Crippen LogP contribution is -2.28. The second-order valence-corrected chi connectivity index (χ2v) is 6.16. The van der Waals surface area contributed by atoms with Gasteiger partial charge >= 0.3 is 0 Å². The van der Waals surface area contributed by atoms with E-state index < -0.39 is 0 Å². The van der Waals surface area contributed by atoms with Crippen LogP contribution >= 0.6 is 15.9 Å². The van der Waals surface area contributed by atoms with Crippen LogP contribution in [0.4, 0.5) is 4.39 Å². The summed E-state index contributed by atoms with van der Waals surface area (Å²) in [5, 5.41) is 2.98. The first-order valence-electron chi connectivity index (χ1n) is 6.92. The monoisotopic (exact) mass is 347 g/mol. The zero-order valence-corrected chi connectivity index (χ0v) is 12.9. The molecule has 4 heteroatoms. The lowest BCUT2D eigenvalue weighted by atomic mass is 10.1. The molecule has 0 unspecified atom stereocenters. The van der Waals surface area contributed by atoms with Crippen LogP contribution in [0.25, 0.3) is 0 Å². The van der Waals surface area contributed by atoms with E-state index in [0.717, 1.165) is 10.9 Å². The van der Waals surface area contributed by atoms with Gasteiger partial charge in [0.1, 0.15) is 5.82 Å². The zero-order chi connectivity index (χ0) is 14.8. The van der Waals surface area contributed by atoms with E-state index in [1.807, 2.05) is 18.2 Å². The van der Waals surface area contributed by atoms with Crippen LogP contribution in [0.5, 0.6) is 0 Å². The van der Waals surface area contributed by atoms with E-state index in [0.29, 0.717) is 11.5 Å². The molecule has 1 amide bonds. The van der Waals surface area contributed by atoms with Gasteiger partial charge in [-0.15, -0.1) is 0 Å². The molecule has 0 spiro atoms. The van der Waals surface area contributed by atoms with E-state index in [2.05, 4.69) is 27.3 Å². The Kier molecular flexibility index (Phi) is 4.06. The van der Waals surface area contributed by atoms with E-state index in [1.54, 1.807) is 18.2 Å². The van der Waals surface area contributed by atoms with Crippen LogP contribution in [0.2, 0.25) is 0 Å². The van der Waals surface area contributed by atoms with Gasteiger partial charge in [0.25, 0.3) is 0 Å². The minimum Gasteiger partial charge on any atom is -0.352 e. The molecular weight excluding hydrogens is 333 g/mol. The predicted octanol–water partition coefficient (Wildman–Crippen LogP) is 3.80. The van der Waals surface area contributed by atoms with Crippen LogP contribution in [0.3, 0.4) is 0 Å². The Bertz CT molecular complexity index is 673. The number of rotatable bonds is 4. The third-order valence-electron chi connectivity index (χ3n) is 3.75. The highest BCUT2D eigenvalue weighted by molar-refractivity contribution is 9.10. The SMILES string of the molecule is O=C(Cc1ccccc1F)N[C@@H]1C[C@H]1c1ccccc1Br. The van der Waals surface area contributed by atoms with E-state index in [-0.39, 0.29) is 24.2 Å². The average Bonchev–Trinajstić information content (AvgIpc) is 3.21. The summed E-state index contributed by atoms with van der Waals surface area (Å²) in [5.74, 6) is -0.101. The smallest absolute Gasteiger partial charge is 0.224 e. The normalized spacial score (nSPS) is 20.1. The molecule has 21 heavy (non-hydrogen) atoms. The van der Waals surface area contributed by atoms with E-state index >= 15 is 0 Å². The number of benzene rings is 2. The molecule has 0 aliphatic heterocycles. The van der Waals surface area contributed by atoms with Crippen LogP contribution in [0.15, 0.2) is 53.0 Å². The summed E-state index contributed by atoms with van der Waals surface area (Å²) in [6.07, 6.45) is 1.03. The molecule has 2 nitrogen and oxygen atoms in total. The lowest BCUT2D eigenvalue weighted by molar-refractivity contribution is -0.120. The Morgan fingerprint density at radius 1 is 1.19 bits per heavy atom. The van der Waals surface area contributed by atoms with Gasteiger partial charge in [-0.25, -0.2) is 4.39 Å². The first kappa shape index (κ1) is 14.3. The molecule has 2 aromatic rings. The Morgan fingerprint density at radius 2 is 1.90 bits per heavy atom. The van der Waals surface area contributed by atoms with Gasteiger partial charge < -0.3 is 5.32 Å². The van der Waals surface area contributed by atoms with Gasteiger partial charge in [0.05, 0.1) is 6.42 Å². The Hall–Kier alpha value is -1.68. The predicted molar refractivity (Wildman–Crippen MR) is 83.5 cm³/mol. The number of hydrogen-bond acceptors (Lipinski definition) is 1. The van der Waals surface area contributed by atoms with Gasteiger partial charge in [-0.2, -0.15) is 0 Å². The van der Waals surface area contributed by atoms with Crippen LogP contribution in [0.1, 0.15) is 23.5 Å². The number of carbonyl (C=O) groups is 1. The van der Waals surface area contributed by atoms with Crippen molar-refractivity contribution in [1.29, 1.82) is 0 Å². The highest BCUT2D eigenvalue weighted by Gasteiger charge is 2.40. The first-order valence-corrected chi connectivity index (χ1v) is 7.71. The molecule has 0 heterocycles. The van der Waals surface area contributed by atoms with Crippen molar-refractivity contribution in [3.8, 4) is 0 Å². The second kappa shape index (κ2) is 5.98. The van der Waals surface area contributed by atoms with Gasteiger partial charge in [0.2, 0.25) is 5.91 Å². The quantitative estimate of drug-likeness (QED) is 0.895. The van der Waals surface area contributed by atoms with Crippen molar-refractivity contribution in [1.82, 2.24) is 5.32 Å². The highest BCUT2D eigenvalue weighted by atomic mass is 79.9. The molecule has 2 atom stereocenters. The van der Waals surface area contributed by atoms with Crippen molar-refractivity contribution >= 4 is 21.8 Å². The molecule has 0 saturated heterocycles. The van der Waals surface area contributed by atoms with Crippen LogP contribution in [0, 0.1) is 5.82 Å². The summed E-state index contributed by atoms with van der Waals surface area (Å²) in [5.41, 5.74) is 1.65. The van der Waals surface area contributed by atoms with Crippen LogP contribution < -0.4 is 5.32 Å². The molecule has 1 N–H and O–H groups in total. The maximum absolute atomic E-state index is 13.5. The molecule has 108 valence electrons. The lowest BCUT2D eigenvalue weighted by Gasteiger charge is -2.07. The summed E-state index contributed by atoms with van der Waals surface area (Å²) in [6.45, 7) is 0. The third-order valence-corrected chi connectivity index (χ3v) is 4.47. The summed E-state index contributed by atoms with van der Waals surface area (Å²) < 4.78 is 14.6. The van der Waals surface area contributed by atoms with Crippen molar-refractivity contribution in [3.05, 3.63) is 69.9 Å². The van der Waals surface area contributed by atoms with Gasteiger partial charge in [0.15, 0.2) is 0 Å². The topological polar surface area (TPSA) is 29.1 Å². The Labute approximate surface area is 131 Å². The summed E-state index contributed by atoms with van der Waals surface area (Å²) in [6, 6.07) is 14.6. The molecule has 1 aliphatic rings. The van der Waals surface area contributed by atoms with Crippen LogP contribution in [-0.2, 0) is 11.2 Å². The number of hydrogen-bond donors (Lipinski definition) is 1. The summed E-state index contributed by atoms with van der Waals surface area (Å²) in [4.78, 5) is 12.0. The Morgan fingerprint density at radius 3 is 2.67 bits per heavy atom. The third kappa shape index (κ3) is 3.32. The van der Waals surface area contributed by atoms with E-state index in [9.17, 15) is 9.18 Å². The van der Waals surface area contributed by atoms with E-state index in [4.69, 9.17) is 0 Å². The maximum atomic E-state index is 13.5. The minimum absolute atomic E-state index is 0.0891. The standard InChI is InChI=1S/C17H15BrFNO/c18-14-7-3-2-6-12(14)13-10-16(13)20-17(21)9-11-5-1-4-8-15(11)19/h1-8,13,16H,9-10H2,(H,20,21)/t13-,16+/m0/s1. The molecule has 0 radical (unpaired) electrons. The van der Waals surface area contributed by atoms with Crippen molar-refractivity contribution in [2.75, 3.05) is 0 Å². The number of amides is 1. The molecule has 0 bridgehead atoms. The van der Waals surface area contributed by atoms with Gasteiger partial charge in [0, 0.05) is 16.4 Å². The van der Waals surface area contributed by atoms with E-state index in [1.165, 1.54) is 11.6 Å².